The topological polar surface area (TPSA) is 51.0 Å². The van der Waals surface area contributed by atoms with Crippen molar-refractivity contribution in [2.45, 2.75) is 64.1 Å². The van der Waals surface area contributed by atoms with E-state index in [2.05, 4.69) is 38.7 Å². The van der Waals surface area contributed by atoms with E-state index in [0.717, 1.165) is 50.3 Å². The van der Waals surface area contributed by atoms with Crippen LogP contribution in [0.2, 0.25) is 0 Å². The number of amides is 1. The third-order valence-electron chi connectivity index (χ3n) is 5.41. The first kappa shape index (κ1) is 15.4. The van der Waals surface area contributed by atoms with Crippen molar-refractivity contribution in [3.05, 3.63) is 47.5 Å². The van der Waals surface area contributed by atoms with Crippen LogP contribution in [0.3, 0.4) is 0 Å². The van der Waals surface area contributed by atoms with Crippen LogP contribution < -0.4 is 0 Å². The fourth-order valence-corrected chi connectivity index (χ4v) is 4.19. The summed E-state index contributed by atoms with van der Waals surface area (Å²) in [7, 11) is 0. The van der Waals surface area contributed by atoms with E-state index in [0.29, 0.717) is 24.4 Å². The second kappa shape index (κ2) is 6.38. The van der Waals surface area contributed by atoms with E-state index in [4.69, 9.17) is 0 Å². The monoisotopic (exact) mass is 324 g/mol. The van der Waals surface area contributed by atoms with Crippen molar-refractivity contribution in [3.8, 4) is 0 Å². The van der Waals surface area contributed by atoms with Crippen LogP contribution in [0.15, 0.2) is 30.3 Å². The first-order valence-corrected chi connectivity index (χ1v) is 9.02. The van der Waals surface area contributed by atoms with Gasteiger partial charge in [-0.1, -0.05) is 37.3 Å². The Bertz CT molecular complexity index is 724. The molecule has 0 saturated carbocycles. The summed E-state index contributed by atoms with van der Waals surface area (Å²) in [5, 5.41) is 8.68. The van der Waals surface area contributed by atoms with Gasteiger partial charge in [-0.3, -0.25) is 4.79 Å². The van der Waals surface area contributed by atoms with E-state index in [-0.39, 0.29) is 0 Å². The first-order chi connectivity index (χ1) is 11.8. The smallest absolute Gasteiger partial charge is 0.223 e. The van der Waals surface area contributed by atoms with E-state index in [1.807, 2.05) is 18.2 Å². The standard InChI is InChI=1S/C19H24N4O/c1-2-17-20-21-18-12-15-9-10-16(13-22(17)18)23(15)19(24)11-8-14-6-4-3-5-7-14/h3-7,15-16H,2,8-13H2,1H3. The predicted molar refractivity (Wildman–Crippen MR) is 91.5 cm³/mol. The lowest BCUT2D eigenvalue weighted by Crippen LogP contribution is -2.42. The molecule has 4 rings (SSSR count). The van der Waals surface area contributed by atoms with E-state index in [1.54, 1.807) is 0 Å². The Balaban J connectivity index is 1.48. The lowest BCUT2D eigenvalue weighted by molar-refractivity contribution is -0.134. The van der Waals surface area contributed by atoms with Gasteiger partial charge >= 0.3 is 0 Å². The van der Waals surface area contributed by atoms with Crippen molar-refractivity contribution in [1.29, 1.82) is 0 Å². The quantitative estimate of drug-likeness (QED) is 0.868. The molecule has 2 unspecified atom stereocenters. The Morgan fingerprint density at radius 1 is 1.17 bits per heavy atom. The predicted octanol–water partition coefficient (Wildman–Crippen LogP) is 2.39. The van der Waals surface area contributed by atoms with Crippen LogP contribution in [-0.2, 0) is 30.6 Å². The summed E-state index contributed by atoms with van der Waals surface area (Å²) in [5.41, 5.74) is 1.23. The normalized spacial score (nSPS) is 22.3. The number of hydrogen-bond donors (Lipinski definition) is 0. The summed E-state index contributed by atoms with van der Waals surface area (Å²) in [5.74, 6) is 2.40. The molecular weight excluding hydrogens is 300 g/mol. The maximum Gasteiger partial charge on any atom is 0.223 e. The van der Waals surface area contributed by atoms with Gasteiger partial charge in [0.2, 0.25) is 5.91 Å². The van der Waals surface area contributed by atoms with Gasteiger partial charge in [-0.05, 0) is 24.8 Å². The second-order valence-corrected chi connectivity index (χ2v) is 6.87. The number of aryl methyl sites for hydroxylation is 2. The molecule has 5 heteroatoms. The summed E-state index contributed by atoms with van der Waals surface area (Å²) >= 11 is 0. The molecule has 24 heavy (non-hydrogen) atoms. The van der Waals surface area contributed by atoms with Gasteiger partial charge in [-0.15, -0.1) is 10.2 Å². The lowest BCUT2D eigenvalue weighted by Gasteiger charge is -2.28. The summed E-state index contributed by atoms with van der Waals surface area (Å²) < 4.78 is 2.25. The number of hydrogen-bond acceptors (Lipinski definition) is 3. The fraction of sp³-hybridized carbons (Fsp3) is 0.526. The maximum atomic E-state index is 12.9. The van der Waals surface area contributed by atoms with Crippen LogP contribution in [-0.4, -0.2) is 37.7 Å². The molecule has 0 N–H and O–H groups in total. The highest BCUT2D eigenvalue weighted by atomic mass is 16.2. The molecule has 0 radical (unpaired) electrons. The molecule has 126 valence electrons. The third kappa shape index (κ3) is 2.72. The maximum absolute atomic E-state index is 12.9. The van der Waals surface area contributed by atoms with Gasteiger partial charge in [-0.25, -0.2) is 0 Å². The van der Waals surface area contributed by atoms with Crippen LogP contribution in [0.25, 0.3) is 0 Å². The molecule has 0 aliphatic carbocycles. The van der Waals surface area contributed by atoms with E-state index < -0.39 is 0 Å². The minimum absolute atomic E-state index is 0.295. The molecule has 3 heterocycles. The van der Waals surface area contributed by atoms with Crippen molar-refractivity contribution in [2.75, 3.05) is 0 Å². The minimum Gasteiger partial charge on any atom is -0.334 e. The Morgan fingerprint density at radius 3 is 2.75 bits per heavy atom. The van der Waals surface area contributed by atoms with Gasteiger partial charge in [0.15, 0.2) is 0 Å². The largest absolute Gasteiger partial charge is 0.334 e. The van der Waals surface area contributed by atoms with Crippen molar-refractivity contribution in [1.82, 2.24) is 19.7 Å². The van der Waals surface area contributed by atoms with Crippen molar-refractivity contribution in [2.24, 2.45) is 0 Å². The minimum atomic E-state index is 0.295. The van der Waals surface area contributed by atoms with Crippen LogP contribution in [0.5, 0.6) is 0 Å². The first-order valence-electron chi connectivity index (χ1n) is 9.02. The third-order valence-corrected chi connectivity index (χ3v) is 5.41. The molecule has 2 bridgehead atoms. The molecular formula is C19H24N4O. The number of carbonyl (C=O) groups is 1. The number of fused-ring (bicyclic) bond motifs is 3. The molecule has 1 saturated heterocycles. The number of rotatable bonds is 4. The summed E-state index contributed by atoms with van der Waals surface area (Å²) in [6.45, 7) is 2.97. The fourth-order valence-electron chi connectivity index (χ4n) is 4.19. The van der Waals surface area contributed by atoms with Crippen molar-refractivity contribution >= 4 is 5.91 Å². The summed E-state index contributed by atoms with van der Waals surface area (Å²) in [6, 6.07) is 10.9. The van der Waals surface area contributed by atoms with Gasteiger partial charge in [0.1, 0.15) is 11.6 Å². The number of nitrogens with zero attached hydrogens (tertiary/aromatic N) is 4. The number of benzene rings is 1. The van der Waals surface area contributed by atoms with Gasteiger partial charge < -0.3 is 9.47 Å². The molecule has 2 aliphatic rings. The average Bonchev–Trinajstić information content (AvgIpc) is 3.13. The molecule has 0 spiro atoms. The SMILES string of the molecule is CCc1nnc2n1CC1CCC(C2)N1C(=O)CCc1ccccc1. The Morgan fingerprint density at radius 2 is 1.96 bits per heavy atom. The molecule has 1 aromatic carbocycles. The molecule has 2 aromatic rings. The van der Waals surface area contributed by atoms with E-state index in [1.165, 1.54) is 5.56 Å². The molecule has 1 amide bonds. The van der Waals surface area contributed by atoms with Gasteiger partial charge in [0, 0.05) is 31.8 Å². The summed E-state index contributed by atoms with van der Waals surface area (Å²) in [4.78, 5) is 15.1. The molecule has 1 aromatic heterocycles. The van der Waals surface area contributed by atoms with E-state index >= 15 is 0 Å². The molecule has 2 atom stereocenters. The van der Waals surface area contributed by atoms with Crippen LogP contribution in [0.4, 0.5) is 0 Å². The zero-order valence-corrected chi connectivity index (χ0v) is 14.2. The number of aromatic nitrogens is 3. The highest BCUT2D eigenvalue weighted by Crippen LogP contribution is 2.32. The Labute approximate surface area is 142 Å². The molecule has 2 aliphatic heterocycles. The zero-order chi connectivity index (χ0) is 16.5. The van der Waals surface area contributed by atoms with E-state index in [9.17, 15) is 4.79 Å². The zero-order valence-electron chi connectivity index (χ0n) is 14.2. The van der Waals surface area contributed by atoms with Gasteiger partial charge in [0.05, 0.1) is 6.04 Å². The highest BCUT2D eigenvalue weighted by molar-refractivity contribution is 5.77. The van der Waals surface area contributed by atoms with Crippen LogP contribution in [0.1, 0.15) is 43.4 Å². The number of carbonyl (C=O) groups excluding carboxylic acids is 1. The molecule has 5 nitrogen and oxygen atoms in total. The Hall–Kier alpha value is -2.17. The van der Waals surface area contributed by atoms with Crippen molar-refractivity contribution < 1.29 is 4.79 Å². The average molecular weight is 324 g/mol. The highest BCUT2D eigenvalue weighted by Gasteiger charge is 2.40. The van der Waals surface area contributed by atoms with Gasteiger partial charge in [0.25, 0.3) is 0 Å². The Kier molecular flexibility index (Phi) is 4.08. The molecule has 1 fully saturated rings. The van der Waals surface area contributed by atoms with Gasteiger partial charge in [-0.2, -0.15) is 0 Å². The van der Waals surface area contributed by atoms with Crippen LogP contribution >= 0.6 is 0 Å². The van der Waals surface area contributed by atoms with Crippen molar-refractivity contribution in [3.63, 3.8) is 0 Å². The van der Waals surface area contributed by atoms with Crippen LogP contribution in [0, 0.1) is 0 Å². The lowest BCUT2D eigenvalue weighted by atomic mass is 10.1. The summed E-state index contributed by atoms with van der Waals surface area (Å²) in [6.07, 6.45) is 5.35. The second-order valence-electron chi connectivity index (χ2n) is 6.87.